The average molecular weight is 296 g/mol. The van der Waals surface area contributed by atoms with Crippen molar-refractivity contribution in [2.75, 3.05) is 11.9 Å². The molecule has 2 N–H and O–H groups in total. The maximum Gasteiger partial charge on any atom is 0.0595 e. The Morgan fingerprint density at radius 2 is 1.58 bits per heavy atom. The first-order valence-corrected chi connectivity index (χ1v) is 6.82. The molecule has 0 aliphatic rings. The predicted octanol–water partition coefficient (Wildman–Crippen LogP) is 4.14. The molecule has 0 radical (unpaired) electrons. The van der Waals surface area contributed by atoms with Crippen molar-refractivity contribution in [2.45, 2.75) is 13.0 Å². The predicted molar refractivity (Wildman–Crippen MR) is 81.0 cm³/mol. The van der Waals surface area contributed by atoms with Gasteiger partial charge in [0.2, 0.25) is 0 Å². The van der Waals surface area contributed by atoms with Gasteiger partial charge in [-0.1, -0.05) is 41.4 Å². The van der Waals surface area contributed by atoms with Crippen LogP contribution in [0, 0.1) is 0 Å². The van der Waals surface area contributed by atoms with E-state index < -0.39 is 0 Å². The number of aliphatic hydroxyl groups excluding tert-OH is 1. The highest BCUT2D eigenvalue weighted by molar-refractivity contribution is 6.42. The van der Waals surface area contributed by atoms with Gasteiger partial charge in [-0.15, -0.1) is 0 Å². The Morgan fingerprint density at radius 1 is 0.895 bits per heavy atom. The van der Waals surface area contributed by atoms with E-state index in [0.717, 1.165) is 16.8 Å². The summed E-state index contributed by atoms with van der Waals surface area (Å²) in [4.78, 5) is 0. The zero-order valence-electron chi connectivity index (χ0n) is 10.4. The van der Waals surface area contributed by atoms with Crippen LogP contribution in [0.1, 0.15) is 11.1 Å². The SMILES string of the molecule is OCCc1ccc(NCc2ccc(Cl)c(Cl)c2)cc1. The van der Waals surface area contributed by atoms with Crippen LogP contribution in [-0.2, 0) is 13.0 Å². The van der Waals surface area contributed by atoms with E-state index >= 15 is 0 Å². The molecule has 2 rings (SSSR count). The lowest BCUT2D eigenvalue weighted by molar-refractivity contribution is 0.299. The Labute approximate surface area is 123 Å². The highest BCUT2D eigenvalue weighted by Crippen LogP contribution is 2.23. The third-order valence-electron chi connectivity index (χ3n) is 2.84. The highest BCUT2D eigenvalue weighted by Gasteiger charge is 2.00. The molecular weight excluding hydrogens is 281 g/mol. The van der Waals surface area contributed by atoms with Crippen LogP contribution < -0.4 is 5.32 Å². The number of nitrogens with one attached hydrogen (secondary N) is 1. The zero-order chi connectivity index (χ0) is 13.7. The molecule has 0 aliphatic heterocycles. The standard InChI is InChI=1S/C15H15Cl2NO/c16-14-6-3-12(9-15(14)17)10-18-13-4-1-11(2-5-13)7-8-19/h1-6,9,18-19H,7-8,10H2. The van der Waals surface area contributed by atoms with Crippen molar-refractivity contribution < 1.29 is 5.11 Å². The first-order chi connectivity index (χ1) is 9.19. The molecule has 2 aromatic carbocycles. The molecule has 0 aliphatic carbocycles. The van der Waals surface area contributed by atoms with Crippen molar-refractivity contribution in [2.24, 2.45) is 0 Å². The molecule has 0 fully saturated rings. The van der Waals surface area contributed by atoms with E-state index in [1.165, 1.54) is 0 Å². The molecule has 2 nitrogen and oxygen atoms in total. The molecule has 0 bridgehead atoms. The minimum absolute atomic E-state index is 0.177. The van der Waals surface area contributed by atoms with Crippen molar-refractivity contribution in [3.8, 4) is 0 Å². The number of hydrogen-bond acceptors (Lipinski definition) is 2. The quantitative estimate of drug-likeness (QED) is 0.869. The number of rotatable bonds is 5. The molecule has 0 heterocycles. The van der Waals surface area contributed by atoms with Crippen LogP contribution in [0.2, 0.25) is 10.0 Å². The molecule has 0 amide bonds. The van der Waals surface area contributed by atoms with Crippen molar-refractivity contribution in [1.29, 1.82) is 0 Å². The van der Waals surface area contributed by atoms with Gasteiger partial charge in [-0.2, -0.15) is 0 Å². The van der Waals surface area contributed by atoms with Crippen molar-refractivity contribution in [3.63, 3.8) is 0 Å². The molecule has 2 aromatic rings. The molecule has 0 unspecified atom stereocenters. The zero-order valence-corrected chi connectivity index (χ0v) is 11.9. The van der Waals surface area contributed by atoms with Crippen LogP contribution in [0.4, 0.5) is 5.69 Å². The molecule has 19 heavy (non-hydrogen) atoms. The van der Waals surface area contributed by atoms with Gasteiger partial charge in [0.15, 0.2) is 0 Å². The van der Waals surface area contributed by atoms with Crippen molar-refractivity contribution in [1.82, 2.24) is 0 Å². The largest absolute Gasteiger partial charge is 0.396 e. The Hall–Kier alpha value is -1.22. The summed E-state index contributed by atoms with van der Waals surface area (Å²) in [7, 11) is 0. The number of benzene rings is 2. The minimum Gasteiger partial charge on any atom is -0.396 e. The minimum atomic E-state index is 0.177. The summed E-state index contributed by atoms with van der Waals surface area (Å²) in [5, 5.41) is 13.3. The fourth-order valence-corrected chi connectivity index (χ4v) is 2.09. The topological polar surface area (TPSA) is 32.3 Å². The van der Waals surface area contributed by atoms with Gasteiger partial charge in [0.1, 0.15) is 0 Å². The van der Waals surface area contributed by atoms with E-state index in [9.17, 15) is 0 Å². The van der Waals surface area contributed by atoms with E-state index in [1.54, 1.807) is 6.07 Å². The molecular formula is C15H15Cl2NO. The lowest BCUT2D eigenvalue weighted by atomic mass is 10.1. The van der Waals surface area contributed by atoms with Gasteiger partial charge in [-0.3, -0.25) is 0 Å². The molecule has 0 spiro atoms. The number of hydrogen-bond donors (Lipinski definition) is 2. The first kappa shape index (κ1) is 14.2. The lowest BCUT2D eigenvalue weighted by Crippen LogP contribution is -1.99. The first-order valence-electron chi connectivity index (χ1n) is 6.06. The van der Waals surface area contributed by atoms with E-state index in [4.69, 9.17) is 28.3 Å². The van der Waals surface area contributed by atoms with Gasteiger partial charge in [-0.25, -0.2) is 0 Å². The summed E-state index contributed by atoms with van der Waals surface area (Å²) < 4.78 is 0. The molecule has 0 atom stereocenters. The molecule has 0 saturated carbocycles. The molecule has 0 saturated heterocycles. The second-order valence-electron chi connectivity index (χ2n) is 4.27. The van der Waals surface area contributed by atoms with Crippen LogP contribution in [-0.4, -0.2) is 11.7 Å². The van der Waals surface area contributed by atoms with Gasteiger partial charge in [0.05, 0.1) is 10.0 Å². The summed E-state index contributed by atoms with van der Waals surface area (Å²) in [6.45, 7) is 0.867. The smallest absolute Gasteiger partial charge is 0.0595 e. The Balaban J connectivity index is 1.96. The summed E-state index contributed by atoms with van der Waals surface area (Å²) in [5.74, 6) is 0. The van der Waals surface area contributed by atoms with Crippen LogP contribution >= 0.6 is 23.2 Å². The van der Waals surface area contributed by atoms with Gasteiger partial charge >= 0.3 is 0 Å². The van der Waals surface area contributed by atoms with Gasteiger partial charge < -0.3 is 10.4 Å². The summed E-state index contributed by atoms with van der Waals surface area (Å²) in [6.07, 6.45) is 0.688. The second-order valence-corrected chi connectivity index (χ2v) is 5.09. The number of anilines is 1. The van der Waals surface area contributed by atoms with Crippen LogP contribution in [0.25, 0.3) is 0 Å². The average Bonchev–Trinajstić information content (AvgIpc) is 2.42. The van der Waals surface area contributed by atoms with Gasteiger partial charge in [0, 0.05) is 18.8 Å². The Bertz CT molecular complexity index is 540. The van der Waals surface area contributed by atoms with Gasteiger partial charge in [-0.05, 0) is 41.8 Å². The number of halogens is 2. The molecule has 0 aromatic heterocycles. The highest BCUT2D eigenvalue weighted by atomic mass is 35.5. The van der Waals surface area contributed by atoms with E-state index in [2.05, 4.69) is 5.32 Å². The molecule has 4 heteroatoms. The van der Waals surface area contributed by atoms with E-state index in [0.29, 0.717) is 23.0 Å². The summed E-state index contributed by atoms with van der Waals surface area (Å²) in [6, 6.07) is 13.6. The Kier molecular flexibility index (Phi) is 5.08. The van der Waals surface area contributed by atoms with Crippen molar-refractivity contribution in [3.05, 3.63) is 63.6 Å². The maximum absolute atomic E-state index is 8.85. The van der Waals surface area contributed by atoms with Crippen molar-refractivity contribution >= 4 is 28.9 Å². The molecule has 100 valence electrons. The van der Waals surface area contributed by atoms with Crippen LogP contribution in [0.5, 0.6) is 0 Å². The van der Waals surface area contributed by atoms with E-state index in [-0.39, 0.29) is 6.61 Å². The van der Waals surface area contributed by atoms with Crippen LogP contribution in [0.3, 0.4) is 0 Å². The normalized spacial score (nSPS) is 10.5. The Morgan fingerprint density at radius 3 is 2.21 bits per heavy atom. The summed E-state index contributed by atoms with van der Waals surface area (Å²) >= 11 is 11.8. The van der Waals surface area contributed by atoms with E-state index in [1.807, 2.05) is 36.4 Å². The lowest BCUT2D eigenvalue weighted by Gasteiger charge is -2.08. The second kappa shape index (κ2) is 6.80. The fourth-order valence-electron chi connectivity index (χ4n) is 1.77. The third kappa shape index (κ3) is 4.13. The monoisotopic (exact) mass is 295 g/mol. The summed E-state index contributed by atoms with van der Waals surface area (Å²) in [5.41, 5.74) is 3.24. The maximum atomic E-state index is 8.85. The fraction of sp³-hybridized carbons (Fsp3) is 0.200. The van der Waals surface area contributed by atoms with Gasteiger partial charge in [0.25, 0.3) is 0 Å². The third-order valence-corrected chi connectivity index (χ3v) is 3.57. The number of aliphatic hydroxyl groups is 1. The van der Waals surface area contributed by atoms with Crippen LogP contribution in [0.15, 0.2) is 42.5 Å².